The third-order valence-electron chi connectivity index (χ3n) is 3.60. The number of benzene rings is 3. The van der Waals surface area contributed by atoms with E-state index in [9.17, 15) is 0 Å². The fourth-order valence-corrected chi connectivity index (χ4v) is 2.32. The third-order valence-corrected chi connectivity index (χ3v) is 3.60. The van der Waals surface area contributed by atoms with Crippen molar-refractivity contribution in [2.75, 3.05) is 0 Å². The molecule has 0 spiro atoms. The van der Waals surface area contributed by atoms with Crippen molar-refractivity contribution in [3.05, 3.63) is 109 Å². The second-order valence-corrected chi connectivity index (χ2v) is 5.66. The van der Waals surface area contributed by atoms with Gasteiger partial charge in [-0.05, 0) is 49.1 Å². The molecule has 0 heteroatoms. The first kappa shape index (κ1) is 19.4. The average molecular weight is 316 g/mol. The zero-order valence-electron chi connectivity index (χ0n) is 15.2. The highest BCUT2D eigenvalue weighted by Crippen LogP contribution is 2.34. The van der Waals surface area contributed by atoms with Crippen molar-refractivity contribution in [2.24, 2.45) is 0 Å². The van der Waals surface area contributed by atoms with Crippen LogP contribution in [-0.2, 0) is 6.42 Å². The van der Waals surface area contributed by atoms with Crippen molar-refractivity contribution in [3.8, 4) is 0 Å². The summed E-state index contributed by atoms with van der Waals surface area (Å²) in [4.78, 5) is 0. The van der Waals surface area contributed by atoms with Crippen molar-refractivity contribution in [1.82, 2.24) is 0 Å². The largest absolute Gasteiger partial charge is 0.106 e. The lowest BCUT2D eigenvalue weighted by atomic mass is 10.1. The van der Waals surface area contributed by atoms with Gasteiger partial charge < -0.3 is 0 Å². The molecule has 124 valence electrons. The van der Waals surface area contributed by atoms with Crippen LogP contribution >= 0.6 is 0 Å². The highest BCUT2D eigenvalue weighted by atomic mass is 14.2. The van der Waals surface area contributed by atoms with Crippen LogP contribution in [0, 0.1) is 13.8 Å². The Morgan fingerprint density at radius 1 is 0.792 bits per heavy atom. The molecule has 0 unspecified atom stereocenters. The lowest BCUT2D eigenvalue weighted by Gasteiger charge is -1.92. The van der Waals surface area contributed by atoms with Crippen LogP contribution in [0.15, 0.2) is 86.5 Å². The minimum Gasteiger partial charge on any atom is -0.106 e. The van der Waals surface area contributed by atoms with Crippen LogP contribution in [-0.4, -0.2) is 0 Å². The van der Waals surface area contributed by atoms with Gasteiger partial charge in [0, 0.05) is 0 Å². The molecule has 0 saturated carbocycles. The summed E-state index contributed by atoms with van der Waals surface area (Å²) < 4.78 is 0. The molecule has 3 aromatic carbocycles. The number of allylic oxidation sites excluding steroid dienone is 1. The second kappa shape index (κ2) is 10.2. The highest BCUT2D eigenvalue weighted by Gasteiger charge is 2.18. The lowest BCUT2D eigenvalue weighted by molar-refractivity contribution is 1.40. The number of fused-ring (bicyclic) bond motifs is 3. The van der Waals surface area contributed by atoms with E-state index in [1.54, 1.807) is 11.6 Å². The molecular weight excluding hydrogens is 288 g/mol. The number of rotatable bonds is 0. The molecule has 0 atom stereocenters. The zero-order chi connectivity index (χ0) is 17.9. The van der Waals surface area contributed by atoms with Gasteiger partial charge in [-0.25, -0.2) is 0 Å². The van der Waals surface area contributed by atoms with Crippen molar-refractivity contribution in [2.45, 2.75) is 27.2 Å². The molecule has 0 nitrogen and oxygen atoms in total. The molecular formula is C24H28. The van der Waals surface area contributed by atoms with E-state index in [1.807, 2.05) is 6.92 Å². The van der Waals surface area contributed by atoms with Gasteiger partial charge in [0.2, 0.25) is 0 Å². The van der Waals surface area contributed by atoms with E-state index in [0.717, 1.165) is 0 Å². The zero-order valence-corrected chi connectivity index (χ0v) is 15.2. The molecule has 0 aliphatic heterocycles. The summed E-state index contributed by atoms with van der Waals surface area (Å²) in [6.45, 7) is 15.4. The minimum atomic E-state index is 1.22. The summed E-state index contributed by atoms with van der Waals surface area (Å²) >= 11 is 0. The average Bonchev–Trinajstić information content (AvgIpc) is 3.41. The summed E-state index contributed by atoms with van der Waals surface area (Å²) in [7, 11) is 0. The Morgan fingerprint density at radius 2 is 1.29 bits per heavy atom. The summed E-state index contributed by atoms with van der Waals surface area (Å²) in [5, 5.41) is 2.83. The Bertz CT molecular complexity index is 743. The van der Waals surface area contributed by atoms with E-state index >= 15 is 0 Å². The molecule has 0 bridgehead atoms. The second-order valence-electron chi connectivity index (χ2n) is 5.66. The van der Waals surface area contributed by atoms with E-state index < -0.39 is 0 Å². The predicted molar refractivity (Wildman–Crippen MR) is 110 cm³/mol. The first-order valence-electron chi connectivity index (χ1n) is 8.25. The maximum Gasteiger partial charge on any atom is -0.00137 e. The normalized spacial score (nSPS) is 9.79. The first-order valence-corrected chi connectivity index (χ1v) is 8.25. The van der Waals surface area contributed by atoms with Gasteiger partial charge in [0.15, 0.2) is 0 Å². The monoisotopic (exact) mass is 316 g/mol. The van der Waals surface area contributed by atoms with Crippen LogP contribution in [0.25, 0.3) is 10.8 Å². The van der Waals surface area contributed by atoms with Crippen molar-refractivity contribution in [3.63, 3.8) is 0 Å². The molecule has 0 aromatic heterocycles. The predicted octanol–water partition coefficient (Wildman–Crippen LogP) is 7.04. The summed E-state index contributed by atoms with van der Waals surface area (Å²) in [5.41, 5.74) is 5.75. The van der Waals surface area contributed by atoms with Gasteiger partial charge in [-0.15, -0.1) is 19.7 Å². The molecule has 24 heavy (non-hydrogen) atoms. The molecule has 0 saturated heterocycles. The fourth-order valence-electron chi connectivity index (χ4n) is 2.32. The summed E-state index contributed by atoms with van der Waals surface area (Å²) in [5.74, 6) is 0. The molecule has 0 amide bonds. The number of hydrogen-bond acceptors (Lipinski definition) is 0. The maximum atomic E-state index is 3.36. The Labute approximate surface area is 147 Å². The van der Waals surface area contributed by atoms with Crippen LogP contribution in [0.1, 0.15) is 29.2 Å². The van der Waals surface area contributed by atoms with E-state index in [4.69, 9.17) is 0 Å². The van der Waals surface area contributed by atoms with E-state index in [-0.39, 0.29) is 0 Å². The maximum absolute atomic E-state index is 3.36. The third kappa shape index (κ3) is 5.89. The molecule has 1 aliphatic rings. The van der Waals surface area contributed by atoms with Gasteiger partial charge in [0.25, 0.3) is 0 Å². The Hall–Kier alpha value is -2.60. The molecule has 3 aromatic rings. The van der Waals surface area contributed by atoms with E-state index in [2.05, 4.69) is 94.2 Å². The van der Waals surface area contributed by atoms with Gasteiger partial charge >= 0.3 is 0 Å². The van der Waals surface area contributed by atoms with Crippen molar-refractivity contribution >= 4 is 10.8 Å². The van der Waals surface area contributed by atoms with E-state index in [0.29, 0.717) is 0 Å². The van der Waals surface area contributed by atoms with Crippen molar-refractivity contribution in [1.29, 1.82) is 0 Å². The summed E-state index contributed by atoms with van der Waals surface area (Å²) in [6, 6.07) is 21.5. The quantitative estimate of drug-likeness (QED) is 0.305. The molecule has 4 rings (SSSR count). The van der Waals surface area contributed by atoms with Crippen LogP contribution < -0.4 is 0 Å². The number of aryl methyl sites for hydroxylation is 2. The Kier molecular flexibility index (Phi) is 8.29. The van der Waals surface area contributed by atoms with Crippen molar-refractivity contribution < 1.29 is 0 Å². The first-order chi connectivity index (χ1) is 11.7. The molecule has 0 N–H and O–H groups in total. The van der Waals surface area contributed by atoms with Gasteiger partial charge in [-0.1, -0.05) is 77.9 Å². The summed E-state index contributed by atoms with van der Waals surface area (Å²) in [6.07, 6.45) is 2.97. The molecule has 0 heterocycles. The Balaban J connectivity index is 0.000000197. The van der Waals surface area contributed by atoms with Gasteiger partial charge in [-0.3, -0.25) is 0 Å². The fraction of sp³-hybridized carbons (Fsp3) is 0.167. The van der Waals surface area contributed by atoms with Crippen LogP contribution in [0.5, 0.6) is 0 Å². The number of hydrogen-bond donors (Lipinski definition) is 0. The minimum absolute atomic E-state index is 1.22. The van der Waals surface area contributed by atoms with Crippen LogP contribution in [0.2, 0.25) is 0 Å². The van der Waals surface area contributed by atoms with Gasteiger partial charge in [-0.2, -0.15) is 0 Å². The Morgan fingerprint density at radius 3 is 1.83 bits per heavy atom. The molecule has 1 aliphatic carbocycles. The van der Waals surface area contributed by atoms with Gasteiger partial charge in [0.05, 0.1) is 0 Å². The topological polar surface area (TPSA) is 0 Å². The van der Waals surface area contributed by atoms with E-state index in [1.165, 1.54) is 33.9 Å². The molecule has 0 radical (unpaired) electrons. The highest BCUT2D eigenvalue weighted by molar-refractivity contribution is 5.90. The standard InChI is InChI=1S/C11H8.C8H10.C3H6.C2H4/c1-2-4-10-8(3-1)5-6-9-7-11(9)10;1-7-3-5-8(2)6-4-7;1-3-2;1-2/h1-6H,7H2;3-6H,1-2H3;3H,1H2,2H3;1-2H2. The lowest BCUT2D eigenvalue weighted by Crippen LogP contribution is -1.70. The molecule has 0 fully saturated rings. The van der Waals surface area contributed by atoms with Gasteiger partial charge in [0.1, 0.15) is 0 Å². The SMILES string of the molecule is C=C.C=CC.Cc1ccc(C)cc1.c1ccc2c3c(ccc2c1)C3. The van der Waals surface area contributed by atoms with Crippen LogP contribution in [0.3, 0.4) is 0 Å². The smallest absolute Gasteiger partial charge is 0.00137 e. The van der Waals surface area contributed by atoms with Crippen LogP contribution in [0.4, 0.5) is 0 Å².